The average Bonchev–Trinajstić information content (AvgIpc) is 2.15. The monoisotopic (exact) mass is 220 g/mol. The Hall–Kier alpha value is -1.71. The molecule has 0 saturated carbocycles. The number of aromatic nitrogens is 2. The maximum atomic E-state index is 11.0. The number of carbonyl (C=O) groups is 1. The Balaban J connectivity index is 3.20. The molecule has 1 aromatic rings. The SMILES string of the molecule is C=C(C)c1cnc(C(C)C)c(OC(C)=O)n1. The van der Waals surface area contributed by atoms with Crippen molar-refractivity contribution in [3.63, 3.8) is 0 Å². The molecule has 0 fully saturated rings. The van der Waals surface area contributed by atoms with Gasteiger partial charge in [0.05, 0.1) is 11.9 Å². The zero-order chi connectivity index (χ0) is 12.3. The predicted octanol–water partition coefficient (Wildman–Crippen LogP) is 2.56. The lowest BCUT2D eigenvalue weighted by molar-refractivity contribution is -0.132. The topological polar surface area (TPSA) is 52.1 Å². The first-order valence-electron chi connectivity index (χ1n) is 5.13. The first-order valence-corrected chi connectivity index (χ1v) is 5.13. The summed E-state index contributed by atoms with van der Waals surface area (Å²) in [5.41, 5.74) is 2.11. The number of hydrogen-bond donors (Lipinski definition) is 0. The number of ether oxygens (including phenoxy) is 1. The lowest BCUT2D eigenvalue weighted by Crippen LogP contribution is -2.09. The normalized spacial score (nSPS) is 10.3. The van der Waals surface area contributed by atoms with Gasteiger partial charge in [0, 0.05) is 12.8 Å². The fourth-order valence-electron chi connectivity index (χ4n) is 1.19. The van der Waals surface area contributed by atoms with E-state index in [9.17, 15) is 4.79 Å². The fraction of sp³-hybridized carbons (Fsp3) is 0.417. The number of allylic oxidation sites excluding steroid dienone is 1. The van der Waals surface area contributed by atoms with Crippen molar-refractivity contribution >= 4 is 11.5 Å². The van der Waals surface area contributed by atoms with Crippen molar-refractivity contribution in [3.8, 4) is 5.88 Å². The predicted molar refractivity (Wildman–Crippen MR) is 62.1 cm³/mol. The Morgan fingerprint density at radius 1 is 1.44 bits per heavy atom. The number of hydrogen-bond acceptors (Lipinski definition) is 4. The van der Waals surface area contributed by atoms with E-state index in [0.29, 0.717) is 11.4 Å². The minimum atomic E-state index is -0.393. The van der Waals surface area contributed by atoms with Crippen LogP contribution in [-0.2, 0) is 4.79 Å². The molecule has 0 bridgehead atoms. The largest absolute Gasteiger partial charge is 0.406 e. The van der Waals surface area contributed by atoms with Crippen molar-refractivity contribution in [2.45, 2.75) is 33.6 Å². The maximum absolute atomic E-state index is 11.0. The molecule has 0 radical (unpaired) electrons. The second-order valence-electron chi connectivity index (χ2n) is 3.97. The summed E-state index contributed by atoms with van der Waals surface area (Å²) in [6, 6.07) is 0. The number of rotatable bonds is 3. The quantitative estimate of drug-likeness (QED) is 0.734. The minimum absolute atomic E-state index is 0.154. The van der Waals surface area contributed by atoms with Gasteiger partial charge in [0.25, 0.3) is 0 Å². The van der Waals surface area contributed by atoms with Crippen LogP contribution < -0.4 is 4.74 Å². The summed E-state index contributed by atoms with van der Waals surface area (Å²) in [5, 5.41) is 0. The molecule has 4 heteroatoms. The van der Waals surface area contributed by atoms with Gasteiger partial charge in [-0.15, -0.1) is 0 Å². The van der Waals surface area contributed by atoms with Gasteiger partial charge in [-0.1, -0.05) is 20.4 Å². The van der Waals surface area contributed by atoms with E-state index < -0.39 is 5.97 Å². The van der Waals surface area contributed by atoms with Crippen molar-refractivity contribution in [1.82, 2.24) is 9.97 Å². The molecule has 0 aliphatic carbocycles. The van der Waals surface area contributed by atoms with E-state index in [-0.39, 0.29) is 11.8 Å². The minimum Gasteiger partial charge on any atom is -0.406 e. The molecule has 0 aromatic carbocycles. The van der Waals surface area contributed by atoms with Crippen LogP contribution in [0.5, 0.6) is 5.88 Å². The first-order chi connectivity index (χ1) is 7.41. The summed E-state index contributed by atoms with van der Waals surface area (Å²) in [7, 11) is 0. The van der Waals surface area contributed by atoms with E-state index in [1.807, 2.05) is 20.8 Å². The Kier molecular flexibility index (Phi) is 3.77. The van der Waals surface area contributed by atoms with Gasteiger partial charge in [-0.2, -0.15) is 0 Å². The van der Waals surface area contributed by atoms with Crippen molar-refractivity contribution in [1.29, 1.82) is 0 Å². The second kappa shape index (κ2) is 4.88. The Bertz CT molecular complexity index is 425. The van der Waals surface area contributed by atoms with Gasteiger partial charge >= 0.3 is 5.97 Å². The van der Waals surface area contributed by atoms with Crippen LogP contribution in [0.3, 0.4) is 0 Å². The molecule has 0 aliphatic heterocycles. The molecule has 16 heavy (non-hydrogen) atoms. The number of carbonyl (C=O) groups excluding carboxylic acids is 1. The zero-order valence-corrected chi connectivity index (χ0v) is 10.1. The third-order valence-electron chi connectivity index (χ3n) is 1.99. The standard InChI is InChI=1S/C12H16N2O2/c1-7(2)10-6-13-11(8(3)4)12(14-10)16-9(5)15/h6,8H,1H2,2-5H3. The zero-order valence-electron chi connectivity index (χ0n) is 10.1. The molecule has 4 nitrogen and oxygen atoms in total. The molecule has 0 N–H and O–H groups in total. The van der Waals surface area contributed by atoms with Crippen molar-refractivity contribution in [2.75, 3.05) is 0 Å². The van der Waals surface area contributed by atoms with Gasteiger partial charge in [-0.05, 0) is 12.5 Å². The van der Waals surface area contributed by atoms with Crippen LogP contribution in [0.15, 0.2) is 12.8 Å². The summed E-state index contributed by atoms with van der Waals surface area (Å²) in [6.07, 6.45) is 1.64. The van der Waals surface area contributed by atoms with Crippen LogP contribution in [0.25, 0.3) is 5.57 Å². The smallest absolute Gasteiger partial charge is 0.309 e. The van der Waals surface area contributed by atoms with E-state index in [1.165, 1.54) is 6.92 Å². The molecule has 0 unspecified atom stereocenters. The number of nitrogens with zero attached hydrogens (tertiary/aromatic N) is 2. The molecule has 86 valence electrons. The highest BCUT2D eigenvalue weighted by molar-refractivity contribution is 5.69. The van der Waals surface area contributed by atoms with Crippen LogP contribution in [0.4, 0.5) is 0 Å². The van der Waals surface area contributed by atoms with Crippen molar-refractivity contribution in [3.05, 3.63) is 24.2 Å². The van der Waals surface area contributed by atoms with Crippen LogP contribution in [0.1, 0.15) is 45.0 Å². The van der Waals surface area contributed by atoms with Crippen LogP contribution in [-0.4, -0.2) is 15.9 Å². The summed E-state index contributed by atoms with van der Waals surface area (Å²) < 4.78 is 5.04. The summed E-state index contributed by atoms with van der Waals surface area (Å²) in [5.74, 6) is 0.0408. The Morgan fingerprint density at radius 2 is 2.06 bits per heavy atom. The van der Waals surface area contributed by atoms with Crippen LogP contribution in [0, 0.1) is 0 Å². The third kappa shape index (κ3) is 2.89. The van der Waals surface area contributed by atoms with Gasteiger partial charge in [0.2, 0.25) is 5.88 Å². The maximum Gasteiger partial charge on any atom is 0.309 e. The first kappa shape index (κ1) is 12.4. The molecule has 0 saturated heterocycles. The highest BCUT2D eigenvalue weighted by Crippen LogP contribution is 2.23. The molecule has 1 rings (SSSR count). The molecule has 0 aliphatic rings. The summed E-state index contributed by atoms with van der Waals surface area (Å²) >= 11 is 0. The summed E-state index contributed by atoms with van der Waals surface area (Å²) in [4.78, 5) is 19.4. The highest BCUT2D eigenvalue weighted by Gasteiger charge is 2.14. The van der Waals surface area contributed by atoms with Crippen LogP contribution >= 0.6 is 0 Å². The van der Waals surface area contributed by atoms with Gasteiger partial charge in [0.1, 0.15) is 5.69 Å². The second-order valence-corrected chi connectivity index (χ2v) is 3.97. The van der Waals surface area contributed by atoms with Gasteiger partial charge in [-0.3, -0.25) is 9.78 Å². The van der Waals surface area contributed by atoms with E-state index in [4.69, 9.17) is 4.74 Å². The molecular formula is C12H16N2O2. The van der Waals surface area contributed by atoms with Gasteiger partial charge < -0.3 is 4.74 Å². The molecule has 0 amide bonds. The van der Waals surface area contributed by atoms with Crippen LogP contribution in [0.2, 0.25) is 0 Å². The number of esters is 1. The fourth-order valence-corrected chi connectivity index (χ4v) is 1.19. The summed E-state index contributed by atoms with van der Waals surface area (Å²) in [6.45, 7) is 10.9. The van der Waals surface area contributed by atoms with E-state index in [1.54, 1.807) is 6.20 Å². The van der Waals surface area contributed by atoms with E-state index in [2.05, 4.69) is 16.5 Å². The lowest BCUT2D eigenvalue weighted by atomic mass is 10.1. The van der Waals surface area contributed by atoms with Crippen molar-refractivity contribution < 1.29 is 9.53 Å². The molecule has 0 atom stereocenters. The molecular weight excluding hydrogens is 204 g/mol. The Labute approximate surface area is 95.4 Å². The van der Waals surface area contributed by atoms with Crippen molar-refractivity contribution in [2.24, 2.45) is 0 Å². The molecule has 0 spiro atoms. The van der Waals surface area contributed by atoms with E-state index >= 15 is 0 Å². The van der Waals surface area contributed by atoms with Gasteiger partial charge in [-0.25, -0.2) is 4.98 Å². The Morgan fingerprint density at radius 3 is 2.50 bits per heavy atom. The molecule has 1 heterocycles. The third-order valence-corrected chi connectivity index (χ3v) is 1.99. The molecule has 1 aromatic heterocycles. The average molecular weight is 220 g/mol. The lowest BCUT2D eigenvalue weighted by Gasteiger charge is -2.11. The highest BCUT2D eigenvalue weighted by atomic mass is 16.5. The van der Waals surface area contributed by atoms with Gasteiger partial charge in [0.15, 0.2) is 0 Å². The van der Waals surface area contributed by atoms with E-state index in [0.717, 1.165) is 5.57 Å².